The maximum atomic E-state index is 12.9. The zero-order chi connectivity index (χ0) is 20.6. The smallest absolute Gasteiger partial charge is 0.280 e. The molecule has 0 aromatic carbocycles. The maximum absolute atomic E-state index is 12.9. The van der Waals surface area contributed by atoms with Gasteiger partial charge in [0.25, 0.3) is 10.2 Å². The molecule has 1 saturated heterocycles. The summed E-state index contributed by atoms with van der Waals surface area (Å²) >= 11 is 0. The number of hydrogen-bond acceptors (Lipinski definition) is 5. The van der Waals surface area contributed by atoms with Crippen LogP contribution in [0.3, 0.4) is 0 Å². The summed E-state index contributed by atoms with van der Waals surface area (Å²) in [5.74, 6) is -0.388. The lowest BCUT2D eigenvalue weighted by molar-refractivity contribution is -0.120. The summed E-state index contributed by atoms with van der Waals surface area (Å²) in [4.78, 5) is 12.9. The second kappa shape index (κ2) is 7.64. The van der Waals surface area contributed by atoms with Crippen molar-refractivity contribution in [3.05, 3.63) is 29.8 Å². The van der Waals surface area contributed by atoms with Crippen LogP contribution in [0.15, 0.2) is 18.6 Å². The first-order valence-corrected chi connectivity index (χ1v) is 10.7. The maximum Gasteiger partial charge on any atom is 0.280 e. The van der Waals surface area contributed by atoms with Gasteiger partial charge in [0.1, 0.15) is 6.04 Å². The molecule has 2 aromatic rings. The van der Waals surface area contributed by atoms with Crippen LogP contribution in [0, 0.1) is 6.92 Å². The number of likely N-dealkylation sites (N-methyl/N-ethyl adjacent to an activating group) is 1. The molecule has 0 bridgehead atoms. The molecule has 154 valence electrons. The zero-order valence-electron chi connectivity index (χ0n) is 16.7. The molecular formula is C17H27N7O3S. The highest BCUT2D eigenvalue weighted by molar-refractivity contribution is 7.87. The van der Waals surface area contributed by atoms with Gasteiger partial charge in [-0.3, -0.25) is 14.2 Å². The minimum absolute atomic E-state index is 0.162. The highest BCUT2D eigenvalue weighted by Gasteiger charge is 2.41. The Labute approximate surface area is 165 Å². The minimum atomic E-state index is -3.80. The monoisotopic (exact) mass is 409 g/mol. The highest BCUT2D eigenvalue weighted by atomic mass is 32.2. The van der Waals surface area contributed by atoms with Crippen molar-refractivity contribution < 1.29 is 13.2 Å². The Morgan fingerprint density at radius 1 is 1.39 bits per heavy atom. The van der Waals surface area contributed by atoms with E-state index in [1.54, 1.807) is 21.8 Å². The van der Waals surface area contributed by atoms with E-state index in [1.807, 2.05) is 33.9 Å². The predicted molar refractivity (Wildman–Crippen MR) is 105 cm³/mol. The van der Waals surface area contributed by atoms with E-state index in [0.717, 1.165) is 15.6 Å². The molecule has 1 fully saturated rings. The zero-order valence-corrected chi connectivity index (χ0v) is 17.6. The van der Waals surface area contributed by atoms with Crippen molar-refractivity contribution in [3.63, 3.8) is 0 Å². The van der Waals surface area contributed by atoms with Gasteiger partial charge in [0.15, 0.2) is 0 Å². The van der Waals surface area contributed by atoms with Crippen LogP contribution in [0.2, 0.25) is 0 Å². The lowest BCUT2D eigenvalue weighted by Gasteiger charge is -2.35. The molecule has 10 nitrogen and oxygen atoms in total. The van der Waals surface area contributed by atoms with Crippen molar-refractivity contribution in [3.8, 4) is 0 Å². The number of carbonyl (C=O) groups is 1. The molecule has 0 aliphatic carbocycles. The second-order valence-corrected chi connectivity index (χ2v) is 9.02. The van der Waals surface area contributed by atoms with Gasteiger partial charge in [0, 0.05) is 37.6 Å². The SMILES string of the molecule is CCn1cc([C@@H]2C[C@@H](C(=O)Nc3cnn(C(C)C)c3)N(C)S(=O)(=O)N2)c(C)n1. The Bertz CT molecular complexity index is 963. The van der Waals surface area contributed by atoms with Crippen LogP contribution in [0.5, 0.6) is 0 Å². The topological polar surface area (TPSA) is 114 Å². The molecule has 1 aliphatic rings. The molecule has 0 spiro atoms. The largest absolute Gasteiger partial charge is 0.322 e. The Hall–Kier alpha value is -2.24. The number of anilines is 1. The summed E-state index contributed by atoms with van der Waals surface area (Å²) in [7, 11) is -2.40. The fraction of sp³-hybridized carbons (Fsp3) is 0.588. The number of aromatic nitrogens is 4. The van der Waals surface area contributed by atoms with Gasteiger partial charge in [-0.15, -0.1) is 0 Å². The highest BCUT2D eigenvalue weighted by Crippen LogP contribution is 2.30. The van der Waals surface area contributed by atoms with Gasteiger partial charge in [-0.05, 0) is 34.1 Å². The first kappa shape index (κ1) is 20.5. The van der Waals surface area contributed by atoms with Crippen molar-refractivity contribution in [2.45, 2.75) is 58.8 Å². The average Bonchev–Trinajstić information content (AvgIpc) is 3.23. The number of nitrogens with one attached hydrogen (secondary N) is 2. The number of aryl methyl sites for hydroxylation is 2. The van der Waals surface area contributed by atoms with Crippen molar-refractivity contribution in [2.24, 2.45) is 0 Å². The van der Waals surface area contributed by atoms with E-state index in [2.05, 4.69) is 20.2 Å². The number of rotatable bonds is 5. The second-order valence-electron chi connectivity index (χ2n) is 7.26. The molecule has 0 saturated carbocycles. The van der Waals surface area contributed by atoms with E-state index in [0.29, 0.717) is 18.7 Å². The van der Waals surface area contributed by atoms with Crippen LogP contribution in [0.1, 0.15) is 50.5 Å². The molecule has 11 heteroatoms. The first-order chi connectivity index (χ1) is 13.1. The summed E-state index contributed by atoms with van der Waals surface area (Å²) in [5.41, 5.74) is 2.06. The van der Waals surface area contributed by atoms with Gasteiger partial charge in [-0.2, -0.15) is 27.6 Å². The summed E-state index contributed by atoms with van der Waals surface area (Å²) in [6, 6.07) is -1.20. The Morgan fingerprint density at radius 2 is 2.11 bits per heavy atom. The van der Waals surface area contributed by atoms with Gasteiger partial charge in [0.2, 0.25) is 5.91 Å². The van der Waals surface area contributed by atoms with E-state index in [1.165, 1.54) is 7.05 Å². The van der Waals surface area contributed by atoms with E-state index in [-0.39, 0.29) is 11.9 Å². The van der Waals surface area contributed by atoms with Crippen molar-refractivity contribution in [1.29, 1.82) is 0 Å². The Balaban J connectivity index is 1.83. The van der Waals surface area contributed by atoms with Crippen molar-refractivity contribution >= 4 is 21.8 Å². The third-order valence-electron chi connectivity index (χ3n) is 4.95. The fourth-order valence-corrected chi connectivity index (χ4v) is 4.53. The van der Waals surface area contributed by atoms with Gasteiger partial charge in [0.05, 0.1) is 23.6 Å². The molecule has 3 heterocycles. The summed E-state index contributed by atoms with van der Waals surface area (Å²) in [6.07, 6.45) is 5.41. The van der Waals surface area contributed by atoms with Crippen LogP contribution < -0.4 is 10.0 Å². The van der Waals surface area contributed by atoms with Gasteiger partial charge in [-0.1, -0.05) is 0 Å². The van der Waals surface area contributed by atoms with E-state index in [9.17, 15) is 13.2 Å². The summed E-state index contributed by atoms with van der Waals surface area (Å²) in [5, 5.41) is 11.4. The lowest BCUT2D eigenvalue weighted by atomic mass is 10.00. The summed E-state index contributed by atoms with van der Waals surface area (Å²) in [6.45, 7) is 8.44. The lowest BCUT2D eigenvalue weighted by Crippen LogP contribution is -2.56. The predicted octanol–water partition coefficient (Wildman–Crippen LogP) is 1.21. The molecule has 1 aliphatic heterocycles. The number of amides is 1. The van der Waals surface area contributed by atoms with Gasteiger partial charge < -0.3 is 5.32 Å². The number of nitrogens with zero attached hydrogens (tertiary/aromatic N) is 5. The molecule has 1 amide bonds. The molecule has 0 unspecified atom stereocenters. The van der Waals surface area contributed by atoms with Crippen LogP contribution in [-0.2, 0) is 21.5 Å². The molecule has 2 atom stereocenters. The van der Waals surface area contributed by atoms with Crippen LogP contribution in [-0.4, -0.2) is 51.3 Å². The van der Waals surface area contributed by atoms with Crippen molar-refractivity contribution in [1.82, 2.24) is 28.6 Å². The molecule has 28 heavy (non-hydrogen) atoms. The molecular weight excluding hydrogens is 382 g/mol. The quantitative estimate of drug-likeness (QED) is 0.770. The molecule has 2 N–H and O–H groups in total. The molecule has 0 radical (unpaired) electrons. The van der Waals surface area contributed by atoms with E-state index < -0.39 is 22.3 Å². The third kappa shape index (κ3) is 3.96. The van der Waals surface area contributed by atoms with Crippen LogP contribution in [0.4, 0.5) is 5.69 Å². The van der Waals surface area contributed by atoms with Crippen molar-refractivity contribution in [2.75, 3.05) is 12.4 Å². The Kier molecular flexibility index (Phi) is 5.60. The van der Waals surface area contributed by atoms with Crippen LogP contribution >= 0.6 is 0 Å². The molecule has 3 rings (SSSR count). The Morgan fingerprint density at radius 3 is 2.68 bits per heavy atom. The van der Waals surface area contributed by atoms with Gasteiger partial charge in [-0.25, -0.2) is 0 Å². The normalized spacial score (nSPS) is 22.5. The average molecular weight is 410 g/mol. The van der Waals surface area contributed by atoms with E-state index in [4.69, 9.17) is 0 Å². The standard InChI is InChI=1S/C17H27N7O3S/c1-6-23-10-14(12(4)20-23)15-7-16(22(5)28(26,27)21-15)17(25)19-13-8-18-24(9-13)11(2)3/h8-11,15-16,21H,6-7H2,1-5H3,(H,19,25)/t15-,16-/m0/s1. The van der Waals surface area contributed by atoms with Gasteiger partial charge >= 0.3 is 0 Å². The minimum Gasteiger partial charge on any atom is -0.322 e. The van der Waals surface area contributed by atoms with E-state index >= 15 is 0 Å². The van der Waals surface area contributed by atoms with Crippen LogP contribution in [0.25, 0.3) is 0 Å². The summed E-state index contributed by atoms with van der Waals surface area (Å²) < 4.78 is 32.4. The fourth-order valence-electron chi connectivity index (χ4n) is 3.26. The molecule has 2 aromatic heterocycles. The first-order valence-electron chi connectivity index (χ1n) is 9.26. The third-order valence-corrected chi connectivity index (χ3v) is 6.55. The number of hydrogen-bond donors (Lipinski definition) is 2. The number of carbonyl (C=O) groups excluding carboxylic acids is 1.